The molecule has 0 saturated carbocycles. The van der Waals surface area contributed by atoms with Crippen LogP contribution in [0.2, 0.25) is 0 Å². The van der Waals surface area contributed by atoms with Crippen molar-refractivity contribution in [2.75, 3.05) is 18.8 Å². The molecule has 0 aromatic carbocycles. The zero-order valence-electron chi connectivity index (χ0n) is 16.0. The van der Waals surface area contributed by atoms with Gasteiger partial charge < -0.3 is 10.3 Å². The number of Topliss-reactive ketones (excluding diaryl/α,β-unsaturated/α-hetero) is 1. The SMILES string of the molecule is Cn1c(N)c(C(=O)Cn2cc(S(=O)(=O)N3CCCC3)ccc2=O)c(=O)n(C)c1=O. The molecular formula is C17H21N5O6S. The van der Waals surface area contributed by atoms with Crippen LogP contribution in [0.25, 0.3) is 0 Å². The molecule has 1 aliphatic rings. The first-order chi connectivity index (χ1) is 13.6. The van der Waals surface area contributed by atoms with E-state index in [1.807, 2.05) is 0 Å². The van der Waals surface area contributed by atoms with Crippen LogP contribution in [0.3, 0.4) is 0 Å². The number of hydrogen-bond donors (Lipinski definition) is 1. The Morgan fingerprint density at radius 2 is 1.69 bits per heavy atom. The molecule has 12 heteroatoms. The second kappa shape index (κ2) is 7.44. The molecule has 11 nitrogen and oxygen atoms in total. The van der Waals surface area contributed by atoms with E-state index in [1.54, 1.807) is 0 Å². The highest BCUT2D eigenvalue weighted by atomic mass is 32.2. The van der Waals surface area contributed by atoms with Gasteiger partial charge in [-0.05, 0) is 18.9 Å². The van der Waals surface area contributed by atoms with Crippen molar-refractivity contribution in [2.45, 2.75) is 24.3 Å². The van der Waals surface area contributed by atoms with Crippen LogP contribution >= 0.6 is 0 Å². The molecule has 0 spiro atoms. The lowest BCUT2D eigenvalue weighted by Gasteiger charge is -2.16. The Bertz CT molecular complexity index is 1260. The highest BCUT2D eigenvalue weighted by Gasteiger charge is 2.28. The summed E-state index contributed by atoms with van der Waals surface area (Å²) in [5.41, 5.74) is 3.14. The minimum absolute atomic E-state index is 0.117. The van der Waals surface area contributed by atoms with Gasteiger partial charge in [0, 0.05) is 39.4 Å². The van der Waals surface area contributed by atoms with Gasteiger partial charge in [0.25, 0.3) is 11.1 Å². The van der Waals surface area contributed by atoms with Crippen LogP contribution in [0, 0.1) is 0 Å². The maximum Gasteiger partial charge on any atom is 0.332 e. The third kappa shape index (κ3) is 3.56. The first-order valence-electron chi connectivity index (χ1n) is 8.85. The third-order valence-electron chi connectivity index (χ3n) is 4.96. The molecule has 0 aliphatic carbocycles. The summed E-state index contributed by atoms with van der Waals surface area (Å²) in [4.78, 5) is 49.0. The molecule has 1 fully saturated rings. The first kappa shape index (κ1) is 20.7. The standard InChI is InChI=1S/C17H21N5O6S/c1-19-15(18)14(16(25)20(2)17(19)26)12(23)10-21-9-11(5-6-13(21)24)29(27,28)22-7-3-4-8-22/h5-6,9H,3-4,7-8,10,18H2,1-2H3. The van der Waals surface area contributed by atoms with Gasteiger partial charge >= 0.3 is 5.69 Å². The molecule has 2 aromatic rings. The van der Waals surface area contributed by atoms with Gasteiger partial charge in [0.1, 0.15) is 11.4 Å². The number of sulfonamides is 1. The normalized spacial score (nSPS) is 15.0. The second-order valence-corrected chi connectivity index (χ2v) is 8.77. The summed E-state index contributed by atoms with van der Waals surface area (Å²) >= 11 is 0. The number of anilines is 1. The average Bonchev–Trinajstić information content (AvgIpc) is 3.22. The number of nitrogens with two attached hydrogens (primary N) is 1. The van der Waals surface area contributed by atoms with Gasteiger partial charge in [-0.3, -0.25) is 23.5 Å². The van der Waals surface area contributed by atoms with Crippen LogP contribution in [-0.4, -0.2) is 45.3 Å². The van der Waals surface area contributed by atoms with Crippen LogP contribution in [0.15, 0.2) is 37.6 Å². The quantitative estimate of drug-likeness (QED) is 0.576. The third-order valence-corrected chi connectivity index (χ3v) is 6.84. The van der Waals surface area contributed by atoms with Crippen molar-refractivity contribution in [3.63, 3.8) is 0 Å². The van der Waals surface area contributed by atoms with E-state index in [2.05, 4.69) is 0 Å². The van der Waals surface area contributed by atoms with Crippen molar-refractivity contribution >= 4 is 21.6 Å². The monoisotopic (exact) mass is 423 g/mol. The van der Waals surface area contributed by atoms with Crippen LogP contribution in [0.5, 0.6) is 0 Å². The molecule has 3 heterocycles. The zero-order chi connectivity index (χ0) is 21.5. The van der Waals surface area contributed by atoms with E-state index in [0.29, 0.717) is 13.1 Å². The number of hydrogen-bond acceptors (Lipinski definition) is 7. The van der Waals surface area contributed by atoms with Gasteiger partial charge in [-0.2, -0.15) is 4.31 Å². The predicted octanol–water partition coefficient (Wildman–Crippen LogP) is -1.50. The molecule has 2 N–H and O–H groups in total. The van der Waals surface area contributed by atoms with E-state index in [9.17, 15) is 27.6 Å². The summed E-state index contributed by atoms with van der Waals surface area (Å²) < 4.78 is 29.3. The molecular weight excluding hydrogens is 402 g/mol. The van der Waals surface area contributed by atoms with E-state index in [1.165, 1.54) is 24.5 Å². The Morgan fingerprint density at radius 1 is 1.07 bits per heavy atom. The van der Waals surface area contributed by atoms with Gasteiger partial charge in [0.2, 0.25) is 10.0 Å². The van der Waals surface area contributed by atoms with E-state index in [-0.39, 0.29) is 10.7 Å². The fourth-order valence-electron chi connectivity index (χ4n) is 3.22. The highest BCUT2D eigenvalue weighted by molar-refractivity contribution is 7.89. The number of carbonyl (C=O) groups is 1. The molecule has 156 valence electrons. The number of carbonyl (C=O) groups excluding carboxylic acids is 1. The Kier molecular flexibility index (Phi) is 5.32. The number of pyridine rings is 1. The minimum atomic E-state index is -3.79. The Balaban J connectivity index is 2.02. The topological polar surface area (TPSA) is 146 Å². The molecule has 0 radical (unpaired) electrons. The molecule has 3 rings (SSSR count). The van der Waals surface area contributed by atoms with Gasteiger partial charge in [-0.15, -0.1) is 0 Å². The van der Waals surface area contributed by atoms with Crippen LogP contribution < -0.4 is 22.5 Å². The summed E-state index contributed by atoms with van der Waals surface area (Å²) in [6.07, 6.45) is 2.59. The van der Waals surface area contributed by atoms with Crippen molar-refractivity contribution in [3.8, 4) is 0 Å². The van der Waals surface area contributed by atoms with Crippen LogP contribution in [0.4, 0.5) is 5.82 Å². The zero-order valence-corrected chi connectivity index (χ0v) is 16.8. The van der Waals surface area contributed by atoms with Gasteiger partial charge in [-0.25, -0.2) is 13.2 Å². The number of ketones is 1. The molecule has 1 saturated heterocycles. The fourth-order valence-corrected chi connectivity index (χ4v) is 4.76. The Labute approximate surface area is 165 Å². The van der Waals surface area contributed by atoms with Crippen LogP contribution in [0.1, 0.15) is 23.2 Å². The summed E-state index contributed by atoms with van der Waals surface area (Å²) in [5.74, 6) is -1.13. The smallest absolute Gasteiger partial charge is 0.332 e. The Hall–Kier alpha value is -2.99. The average molecular weight is 423 g/mol. The van der Waals surface area contributed by atoms with E-state index in [0.717, 1.165) is 38.8 Å². The van der Waals surface area contributed by atoms with Crippen molar-refractivity contribution in [1.29, 1.82) is 0 Å². The minimum Gasteiger partial charge on any atom is -0.384 e. The lowest BCUT2D eigenvalue weighted by Crippen LogP contribution is -2.42. The molecule has 0 unspecified atom stereocenters. The van der Waals surface area contributed by atoms with Crippen LogP contribution in [-0.2, 0) is 30.7 Å². The fraction of sp³-hybridized carbons (Fsp3) is 0.412. The molecule has 0 bridgehead atoms. The molecule has 29 heavy (non-hydrogen) atoms. The van der Waals surface area contributed by atoms with Crippen molar-refractivity contribution in [1.82, 2.24) is 18.0 Å². The maximum atomic E-state index is 12.7. The summed E-state index contributed by atoms with van der Waals surface area (Å²) in [7, 11) is -1.27. The van der Waals surface area contributed by atoms with Gasteiger partial charge in [0.15, 0.2) is 5.78 Å². The molecule has 2 aromatic heterocycles. The number of rotatable bonds is 5. The van der Waals surface area contributed by atoms with Gasteiger partial charge in [0.05, 0.1) is 11.4 Å². The number of aromatic nitrogens is 3. The number of nitrogen functional groups attached to an aromatic ring is 1. The molecule has 0 amide bonds. The van der Waals surface area contributed by atoms with E-state index in [4.69, 9.17) is 5.73 Å². The largest absolute Gasteiger partial charge is 0.384 e. The lowest BCUT2D eigenvalue weighted by molar-refractivity contribution is 0.0968. The lowest BCUT2D eigenvalue weighted by atomic mass is 10.2. The molecule has 0 atom stereocenters. The highest BCUT2D eigenvalue weighted by Crippen LogP contribution is 2.19. The Morgan fingerprint density at radius 3 is 2.31 bits per heavy atom. The maximum absolute atomic E-state index is 12.7. The number of nitrogens with zero attached hydrogens (tertiary/aromatic N) is 4. The van der Waals surface area contributed by atoms with E-state index < -0.39 is 44.7 Å². The second-order valence-electron chi connectivity index (χ2n) is 6.83. The summed E-state index contributed by atoms with van der Waals surface area (Å²) in [6.45, 7) is 0.190. The first-order valence-corrected chi connectivity index (χ1v) is 10.3. The van der Waals surface area contributed by atoms with Crippen molar-refractivity contribution in [2.24, 2.45) is 14.1 Å². The molecule has 1 aliphatic heterocycles. The summed E-state index contributed by atoms with van der Waals surface area (Å²) in [5, 5.41) is 0. The van der Waals surface area contributed by atoms with E-state index >= 15 is 0 Å². The van der Waals surface area contributed by atoms with Gasteiger partial charge in [-0.1, -0.05) is 0 Å². The van der Waals surface area contributed by atoms with Crippen molar-refractivity contribution < 1.29 is 13.2 Å². The summed E-state index contributed by atoms with van der Waals surface area (Å²) in [6, 6.07) is 2.25. The van der Waals surface area contributed by atoms with Crippen molar-refractivity contribution in [3.05, 3.63) is 55.1 Å². The predicted molar refractivity (Wildman–Crippen MR) is 104 cm³/mol.